The summed E-state index contributed by atoms with van der Waals surface area (Å²) in [7, 11) is 0. The van der Waals surface area contributed by atoms with Crippen LogP contribution in [0.2, 0.25) is 0 Å². The van der Waals surface area contributed by atoms with Crippen molar-refractivity contribution >= 4 is 11.8 Å². The van der Waals surface area contributed by atoms with Gasteiger partial charge < -0.3 is 10.4 Å². The van der Waals surface area contributed by atoms with Gasteiger partial charge in [0.05, 0.1) is 0 Å². The van der Waals surface area contributed by atoms with E-state index in [2.05, 4.69) is 30.9 Å². The predicted molar refractivity (Wildman–Crippen MR) is 66.3 cm³/mol. The van der Waals surface area contributed by atoms with Gasteiger partial charge >= 0.3 is 0 Å². The average molecular weight is 229 g/mol. The van der Waals surface area contributed by atoms with Crippen molar-refractivity contribution in [3.05, 3.63) is 0 Å². The molecular weight excluding hydrogens is 206 g/mol. The number of aliphatic hydroxyl groups is 1. The van der Waals surface area contributed by atoms with Gasteiger partial charge in [-0.25, -0.2) is 0 Å². The van der Waals surface area contributed by atoms with Crippen molar-refractivity contribution in [2.45, 2.75) is 39.2 Å². The SMILES string of the molecule is CC1(C)CSCC(NCC2(CO)CC2)C1. The van der Waals surface area contributed by atoms with Gasteiger partial charge in [-0.05, 0) is 30.4 Å². The highest BCUT2D eigenvalue weighted by atomic mass is 32.2. The van der Waals surface area contributed by atoms with Gasteiger partial charge in [-0.3, -0.25) is 0 Å². The minimum atomic E-state index is 0.256. The second-order valence-corrected chi connectivity index (χ2v) is 7.15. The first-order valence-electron chi connectivity index (χ1n) is 5.97. The van der Waals surface area contributed by atoms with Gasteiger partial charge in [-0.2, -0.15) is 11.8 Å². The first-order valence-corrected chi connectivity index (χ1v) is 7.13. The highest BCUT2D eigenvalue weighted by Crippen LogP contribution is 2.44. The normalized spacial score (nSPS) is 32.6. The number of thioether (sulfide) groups is 1. The van der Waals surface area contributed by atoms with Crippen molar-refractivity contribution in [3.8, 4) is 0 Å². The summed E-state index contributed by atoms with van der Waals surface area (Å²) in [4.78, 5) is 0. The van der Waals surface area contributed by atoms with Crippen LogP contribution in [0.25, 0.3) is 0 Å². The number of aliphatic hydroxyl groups excluding tert-OH is 1. The third-order valence-corrected chi connectivity index (χ3v) is 5.29. The first kappa shape index (κ1) is 11.7. The Balaban J connectivity index is 1.75. The zero-order valence-electron chi connectivity index (χ0n) is 9.88. The molecule has 0 aromatic carbocycles. The molecule has 0 aromatic heterocycles. The van der Waals surface area contributed by atoms with E-state index < -0.39 is 0 Å². The molecule has 0 radical (unpaired) electrons. The standard InChI is InChI=1S/C12H23NOS/c1-11(2)5-10(6-15-9-11)13-7-12(8-14)3-4-12/h10,13-14H,3-9H2,1-2H3. The maximum absolute atomic E-state index is 9.24. The van der Waals surface area contributed by atoms with Crippen LogP contribution in [-0.4, -0.2) is 35.8 Å². The van der Waals surface area contributed by atoms with Crippen LogP contribution < -0.4 is 5.32 Å². The summed E-state index contributed by atoms with van der Waals surface area (Å²) >= 11 is 2.06. The molecule has 0 aromatic rings. The van der Waals surface area contributed by atoms with Crippen LogP contribution in [0.5, 0.6) is 0 Å². The molecule has 2 nitrogen and oxygen atoms in total. The fourth-order valence-corrected chi connectivity index (χ4v) is 3.63. The van der Waals surface area contributed by atoms with E-state index >= 15 is 0 Å². The van der Waals surface area contributed by atoms with Gasteiger partial charge in [-0.15, -0.1) is 0 Å². The summed E-state index contributed by atoms with van der Waals surface area (Å²) in [6, 6.07) is 0.655. The molecule has 15 heavy (non-hydrogen) atoms. The number of hydrogen-bond acceptors (Lipinski definition) is 3. The van der Waals surface area contributed by atoms with Crippen molar-refractivity contribution in [1.82, 2.24) is 5.32 Å². The Morgan fingerprint density at radius 2 is 2.13 bits per heavy atom. The Hall–Kier alpha value is 0.270. The zero-order valence-corrected chi connectivity index (χ0v) is 10.7. The molecule has 1 saturated heterocycles. The van der Waals surface area contributed by atoms with Gasteiger partial charge in [0.1, 0.15) is 0 Å². The summed E-state index contributed by atoms with van der Waals surface area (Å²) < 4.78 is 0. The molecule has 0 amide bonds. The molecule has 1 saturated carbocycles. The van der Waals surface area contributed by atoms with E-state index in [0.717, 1.165) is 6.54 Å². The van der Waals surface area contributed by atoms with Crippen molar-refractivity contribution in [1.29, 1.82) is 0 Å². The van der Waals surface area contributed by atoms with Gasteiger partial charge in [-0.1, -0.05) is 13.8 Å². The lowest BCUT2D eigenvalue weighted by Gasteiger charge is -2.35. The van der Waals surface area contributed by atoms with Gasteiger partial charge in [0, 0.05) is 30.4 Å². The van der Waals surface area contributed by atoms with Gasteiger partial charge in [0.25, 0.3) is 0 Å². The summed E-state index contributed by atoms with van der Waals surface area (Å²) in [6.45, 7) is 6.09. The Morgan fingerprint density at radius 3 is 2.67 bits per heavy atom. The van der Waals surface area contributed by atoms with Crippen LogP contribution in [0.15, 0.2) is 0 Å². The molecular formula is C12H23NOS. The Kier molecular flexibility index (Phi) is 3.34. The predicted octanol–water partition coefficient (Wildman–Crippen LogP) is 1.88. The first-order chi connectivity index (χ1) is 7.05. The summed E-state index contributed by atoms with van der Waals surface area (Å²) in [6.07, 6.45) is 3.70. The van der Waals surface area contributed by atoms with E-state index in [1.807, 2.05) is 0 Å². The highest BCUT2D eigenvalue weighted by Gasteiger charge is 2.42. The Morgan fingerprint density at radius 1 is 1.40 bits per heavy atom. The quantitative estimate of drug-likeness (QED) is 0.772. The monoisotopic (exact) mass is 229 g/mol. The van der Waals surface area contributed by atoms with Crippen LogP contribution in [0.1, 0.15) is 33.1 Å². The van der Waals surface area contributed by atoms with Crippen LogP contribution >= 0.6 is 11.8 Å². The van der Waals surface area contributed by atoms with Crippen molar-refractivity contribution in [2.75, 3.05) is 24.7 Å². The molecule has 2 aliphatic rings. The molecule has 2 N–H and O–H groups in total. The zero-order chi connectivity index (χ0) is 10.9. The number of hydrogen-bond donors (Lipinski definition) is 2. The van der Waals surface area contributed by atoms with Crippen molar-refractivity contribution in [2.24, 2.45) is 10.8 Å². The minimum Gasteiger partial charge on any atom is -0.396 e. The number of nitrogens with one attached hydrogen (secondary N) is 1. The van der Waals surface area contributed by atoms with E-state index in [9.17, 15) is 5.11 Å². The average Bonchev–Trinajstić information content (AvgIpc) is 2.94. The molecule has 0 bridgehead atoms. The Labute approximate surface area is 97.2 Å². The van der Waals surface area contributed by atoms with Gasteiger partial charge in [0.2, 0.25) is 0 Å². The molecule has 88 valence electrons. The maximum atomic E-state index is 9.24. The molecule has 1 aliphatic heterocycles. The maximum Gasteiger partial charge on any atom is 0.0499 e. The lowest BCUT2D eigenvalue weighted by Crippen LogP contribution is -2.43. The fourth-order valence-electron chi connectivity index (χ4n) is 2.32. The van der Waals surface area contributed by atoms with E-state index in [4.69, 9.17) is 0 Å². The van der Waals surface area contributed by atoms with E-state index in [0.29, 0.717) is 18.1 Å². The summed E-state index contributed by atoms with van der Waals surface area (Å²) in [5, 5.41) is 12.9. The van der Waals surface area contributed by atoms with Crippen molar-refractivity contribution < 1.29 is 5.11 Å². The largest absolute Gasteiger partial charge is 0.396 e. The summed E-state index contributed by atoms with van der Waals surface area (Å²) in [5.41, 5.74) is 0.739. The topological polar surface area (TPSA) is 32.3 Å². The van der Waals surface area contributed by atoms with Crippen molar-refractivity contribution in [3.63, 3.8) is 0 Å². The smallest absolute Gasteiger partial charge is 0.0499 e. The minimum absolute atomic E-state index is 0.256. The van der Waals surface area contributed by atoms with E-state index in [1.54, 1.807) is 0 Å². The molecule has 3 heteroatoms. The lowest BCUT2D eigenvalue weighted by molar-refractivity contribution is 0.199. The van der Waals surface area contributed by atoms with Gasteiger partial charge in [0.15, 0.2) is 0 Å². The Bertz CT molecular complexity index is 226. The molecule has 2 rings (SSSR count). The molecule has 1 aliphatic carbocycles. The number of rotatable bonds is 4. The van der Waals surface area contributed by atoms with Crippen LogP contribution in [-0.2, 0) is 0 Å². The second kappa shape index (κ2) is 4.27. The second-order valence-electron chi connectivity index (χ2n) is 6.12. The fraction of sp³-hybridized carbons (Fsp3) is 1.00. The third kappa shape index (κ3) is 3.11. The molecule has 1 unspecified atom stereocenters. The summed E-state index contributed by atoms with van der Waals surface area (Å²) in [5.74, 6) is 2.53. The molecule has 2 fully saturated rings. The molecule has 1 atom stereocenters. The third-order valence-electron chi connectivity index (χ3n) is 3.67. The molecule has 0 spiro atoms. The lowest BCUT2D eigenvalue weighted by atomic mass is 9.87. The highest BCUT2D eigenvalue weighted by molar-refractivity contribution is 7.99. The van der Waals surface area contributed by atoms with E-state index in [-0.39, 0.29) is 5.41 Å². The van der Waals surface area contributed by atoms with Crippen LogP contribution in [0.4, 0.5) is 0 Å². The van der Waals surface area contributed by atoms with Crippen LogP contribution in [0.3, 0.4) is 0 Å². The molecule has 1 heterocycles. The van der Waals surface area contributed by atoms with Crippen LogP contribution in [0, 0.1) is 10.8 Å². The van der Waals surface area contributed by atoms with E-state index in [1.165, 1.54) is 30.8 Å².